The normalized spacial score (nSPS) is 11.3. The molecule has 0 radical (unpaired) electrons. The number of H-pyrrole nitrogens is 2. The van der Waals surface area contributed by atoms with E-state index in [1.807, 2.05) is 6.07 Å². The Hall–Kier alpha value is -2.68. The van der Waals surface area contributed by atoms with Gasteiger partial charge in [0.05, 0.1) is 7.11 Å². The van der Waals surface area contributed by atoms with Gasteiger partial charge in [0.1, 0.15) is 5.75 Å². The van der Waals surface area contributed by atoms with E-state index in [9.17, 15) is 0 Å². The molecule has 21 heavy (non-hydrogen) atoms. The smallest absolute Gasteiger partial charge is 0.119 e. The van der Waals surface area contributed by atoms with Crippen LogP contribution in [0.3, 0.4) is 0 Å². The van der Waals surface area contributed by atoms with Crippen molar-refractivity contribution in [2.24, 2.45) is 0 Å². The molecule has 0 amide bonds. The average Bonchev–Trinajstić information content (AvgIpc) is 3.10. The van der Waals surface area contributed by atoms with Crippen molar-refractivity contribution in [3.05, 3.63) is 66.0 Å². The Morgan fingerprint density at radius 2 is 1.90 bits per heavy atom. The highest BCUT2D eigenvalue weighted by atomic mass is 16.5. The average molecular weight is 276 g/mol. The van der Waals surface area contributed by atoms with E-state index in [0.29, 0.717) is 0 Å². The number of fused-ring (bicyclic) bond motifs is 2. The summed E-state index contributed by atoms with van der Waals surface area (Å²) in [5.41, 5.74) is 4.85. The minimum atomic E-state index is 0.889. The number of nitrogens with one attached hydrogen (secondary N) is 2. The summed E-state index contributed by atoms with van der Waals surface area (Å²) in [5.74, 6) is 0.889. The number of aromatic amines is 2. The minimum absolute atomic E-state index is 0.889. The van der Waals surface area contributed by atoms with Gasteiger partial charge in [-0.3, -0.25) is 0 Å². The maximum atomic E-state index is 5.28. The highest BCUT2D eigenvalue weighted by Crippen LogP contribution is 2.25. The third kappa shape index (κ3) is 2.07. The molecule has 0 unspecified atom stereocenters. The predicted molar refractivity (Wildman–Crippen MR) is 86.0 cm³/mol. The first-order valence-corrected chi connectivity index (χ1v) is 7.04. The maximum Gasteiger partial charge on any atom is 0.119 e. The molecule has 104 valence electrons. The molecular weight excluding hydrogens is 260 g/mol. The topological polar surface area (TPSA) is 40.8 Å². The third-order valence-electron chi connectivity index (χ3n) is 3.94. The van der Waals surface area contributed by atoms with E-state index >= 15 is 0 Å². The molecule has 2 aromatic carbocycles. The Kier molecular flexibility index (Phi) is 2.71. The van der Waals surface area contributed by atoms with Crippen molar-refractivity contribution in [1.29, 1.82) is 0 Å². The van der Waals surface area contributed by atoms with Crippen molar-refractivity contribution in [2.45, 2.75) is 6.42 Å². The lowest BCUT2D eigenvalue weighted by Crippen LogP contribution is -1.85. The van der Waals surface area contributed by atoms with Gasteiger partial charge in [0.25, 0.3) is 0 Å². The summed E-state index contributed by atoms with van der Waals surface area (Å²) in [6.45, 7) is 0. The molecule has 4 aromatic rings. The van der Waals surface area contributed by atoms with E-state index in [2.05, 4.69) is 58.6 Å². The van der Waals surface area contributed by atoms with Crippen LogP contribution in [0.1, 0.15) is 11.3 Å². The van der Waals surface area contributed by atoms with Gasteiger partial charge in [0, 0.05) is 40.1 Å². The summed E-state index contributed by atoms with van der Waals surface area (Å²) in [4.78, 5) is 6.81. The largest absolute Gasteiger partial charge is 0.497 e. The summed E-state index contributed by atoms with van der Waals surface area (Å²) < 4.78 is 5.28. The second kappa shape index (κ2) is 4.70. The van der Waals surface area contributed by atoms with Crippen LogP contribution in [0.15, 0.2) is 54.7 Å². The van der Waals surface area contributed by atoms with Gasteiger partial charge >= 0.3 is 0 Å². The number of methoxy groups -OCH3 is 1. The molecule has 4 rings (SSSR count). The van der Waals surface area contributed by atoms with Crippen molar-refractivity contribution in [3.63, 3.8) is 0 Å². The van der Waals surface area contributed by atoms with Crippen molar-refractivity contribution < 1.29 is 4.74 Å². The fraction of sp³-hybridized carbons (Fsp3) is 0.111. The Morgan fingerprint density at radius 3 is 2.81 bits per heavy atom. The summed E-state index contributed by atoms with van der Waals surface area (Å²) >= 11 is 0. The first kappa shape index (κ1) is 12.1. The number of aromatic nitrogens is 2. The fourth-order valence-electron chi connectivity index (χ4n) is 2.88. The van der Waals surface area contributed by atoms with Crippen molar-refractivity contribution in [1.82, 2.24) is 9.97 Å². The predicted octanol–water partition coefficient (Wildman–Crippen LogP) is 4.25. The maximum absolute atomic E-state index is 5.28. The second-order valence-electron chi connectivity index (χ2n) is 5.28. The number of rotatable bonds is 3. The first-order chi connectivity index (χ1) is 10.3. The van der Waals surface area contributed by atoms with Gasteiger partial charge < -0.3 is 14.7 Å². The van der Waals surface area contributed by atoms with E-state index < -0.39 is 0 Å². The molecule has 2 N–H and O–H groups in total. The van der Waals surface area contributed by atoms with Crippen molar-refractivity contribution >= 4 is 21.8 Å². The van der Waals surface area contributed by atoms with Gasteiger partial charge in [-0.1, -0.05) is 18.2 Å². The lowest BCUT2D eigenvalue weighted by molar-refractivity contribution is 0.415. The zero-order chi connectivity index (χ0) is 14.2. The lowest BCUT2D eigenvalue weighted by atomic mass is 10.1. The van der Waals surface area contributed by atoms with Crippen LogP contribution in [-0.4, -0.2) is 17.1 Å². The van der Waals surface area contributed by atoms with Crippen molar-refractivity contribution in [2.75, 3.05) is 7.11 Å². The van der Waals surface area contributed by atoms with E-state index in [1.54, 1.807) is 7.11 Å². The van der Waals surface area contributed by atoms with Gasteiger partial charge in [0.2, 0.25) is 0 Å². The van der Waals surface area contributed by atoms with Gasteiger partial charge in [-0.05, 0) is 35.9 Å². The zero-order valence-corrected chi connectivity index (χ0v) is 11.8. The third-order valence-corrected chi connectivity index (χ3v) is 3.94. The Bertz CT molecular complexity index is 917. The molecule has 0 aliphatic rings. The molecule has 3 heteroatoms. The highest BCUT2D eigenvalue weighted by molar-refractivity contribution is 5.85. The molecule has 3 nitrogen and oxygen atoms in total. The molecule has 2 heterocycles. The zero-order valence-electron chi connectivity index (χ0n) is 11.8. The first-order valence-electron chi connectivity index (χ1n) is 7.04. The molecule has 0 bridgehead atoms. The van der Waals surface area contributed by atoms with Crippen LogP contribution in [0.2, 0.25) is 0 Å². The van der Waals surface area contributed by atoms with Gasteiger partial charge in [-0.2, -0.15) is 0 Å². The second-order valence-corrected chi connectivity index (χ2v) is 5.28. The van der Waals surface area contributed by atoms with E-state index in [-0.39, 0.29) is 0 Å². The van der Waals surface area contributed by atoms with E-state index in [4.69, 9.17) is 4.74 Å². The molecule has 0 fully saturated rings. The molecule has 0 aliphatic heterocycles. The number of para-hydroxylation sites is 1. The monoisotopic (exact) mass is 276 g/mol. The Morgan fingerprint density at radius 1 is 1.00 bits per heavy atom. The highest BCUT2D eigenvalue weighted by Gasteiger charge is 2.07. The SMILES string of the molecule is COc1ccc2[nH]c(Cc3c[nH]c4ccccc34)cc2c1. The summed E-state index contributed by atoms with van der Waals surface area (Å²) in [7, 11) is 1.70. The van der Waals surface area contributed by atoms with Crippen LogP contribution in [0.4, 0.5) is 0 Å². The Balaban J connectivity index is 1.73. The van der Waals surface area contributed by atoms with Gasteiger partial charge in [-0.15, -0.1) is 0 Å². The van der Waals surface area contributed by atoms with Crippen LogP contribution in [0.5, 0.6) is 5.75 Å². The number of hydrogen-bond acceptors (Lipinski definition) is 1. The number of benzene rings is 2. The number of hydrogen-bond donors (Lipinski definition) is 2. The van der Waals surface area contributed by atoms with Gasteiger partial charge in [-0.25, -0.2) is 0 Å². The van der Waals surface area contributed by atoms with E-state index in [1.165, 1.54) is 27.5 Å². The molecule has 0 saturated heterocycles. The fourth-order valence-corrected chi connectivity index (χ4v) is 2.88. The number of ether oxygens (including phenoxy) is 1. The summed E-state index contributed by atoms with van der Waals surface area (Å²) in [6.07, 6.45) is 2.98. The summed E-state index contributed by atoms with van der Waals surface area (Å²) in [5, 5.41) is 2.47. The quantitative estimate of drug-likeness (QED) is 0.577. The van der Waals surface area contributed by atoms with Gasteiger partial charge in [0.15, 0.2) is 0 Å². The molecule has 0 aliphatic carbocycles. The molecular formula is C18H16N2O. The minimum Gasteiger partial charge on any atom is -0.497 e. The van der Waals surface area contributed by atoms with Crippen LogP contribution in [-0.2, 0) is 6.42 Å². The molecule has 0 spiro atoms. The Labute approximate surface area is 122 Å². The van der Waals surface area contributed by atoms with Crippen LogP contribution in [0, 0.1) is 0 Å². The van der Waals surface area contributed by atoms with Crippen LogP contribution < -0.4 is 4.74 Å². The molecule has 2 aromatic heterocycles. The standard InChI is InChI=1S/C18H16N2O/c1-21-15-6-7-17-12(10-15)8-14(20-17)9-13-11-19-18-5-3-2-4-16(13)18/h2-8,10-11,19-20H,9H2,1H3. The van der Waals surface area contributed by atoms with Crippen LogP contribution >= 0.6 is 0 Å². The van der Waals surface area contributed by atoms with Crippen LogP contribution in [0.25, 0.3) is 21.8 Å². The molecule has 0 saturated carbocycles. The summed E-state index contributed by atoms with van der Waals surface area (Å²) in [6, 6.07) is 16.7. The van der Waals surface area contributed by atoms with E-state index in [0.717, 1.165) is 17.7 Å². The lowest BCUT2D eigenvalue weighted by Gasteiger charge is -1.97. The molecule has 0 atom stereocenters. The van der Waals surface area contributed by atoms with Crippen molar-refractivity contribution in [3.8, 4) is 5.75 Å².